The molecule has 0 N–H and O–H groups in total. The van der Waals surface area contributed by atoms with Gasteiger partial charge in [-0.15, -0.1) is 11.3 Å². The predicted molar refractivity (Wildman–Crippen MR) is 100 cm³/mol. The van der Waals surface area contributed by atoms with Crippen LogP contribution in [0.5, 0.6) is 11.5 Å². The maximum absolute atomic E-state index is 12.7. The number of hydrogen-bond acceptors (Lipinski definition) is 5. The molecule has 0 amide bonds. The molecule has 8 heteroatoms. The van der Waals surface area contributed by atoms with Gasteiger partial charge in [0.25, 0.3) is 0 Å². The fourth-order valence-electron chi connectivity index (χ4n) is 3.00. The van der Waals surface area contributed by atoms with Crippen LogP contribution in [0.15, 0.2) is 47.8 Å². The molecule has 3 aromatic rings. The molecule has 2 aromatic carbocycles. The van der Waals surface area contributed by atoms with Gasteiger partial charge in [-0.25, -0.2) is 4.98 Å². The lowest BCUT2D eigenvalue weighted by molar-refractivity contribution is -0.137. The van der Waals surface area contributed by atoms with E-state index in [1.165, 1.54) is 23.5 Å². The average molecular weight is 406 g/mol. The predicted octanol–water partition coefficient (Wildman–Crippen LogP) is 5.19. The van der Waals surface area contributed by atoms with E-state index in [1.54, 1.807) is 0 Å². The quantitative estimate of drug-likeness (QED) is 0.584. The highest BCUT2D eigenvalue weighted by Gasteiger charge is 2.30. The lowest BCUT2D eigenvalue weighted by atomic mass is 10.1. The first-order valence-electron chi connectivity index (χ1n) is 8.57. The van der Waals surface area contributed by atoms with Crippen molar-refractivity contribution in [2.45, 2.75) is 19.3 Å². The summed E-state index contributed by atoms with van der Waals surface area (Å²) in [4.78, 5) is 6.68. The van der Waals surface area contributed by atoms with Crippen molar-refractivity contribution in [2.24, 2.45) is 0 Å². The molecule has 0 saturated carbocycles. The average Bonchev–Trinajstić information content (AvgIpc) is 3.30. The summed E-state index contributed by atoms with van der Waals surface area (Å²) in [6.07, 6.45) is -4.33. The maximum atomic E-state index is 12.7. The number of aromatic nitrogens is 1. The SMILES string of the molecule is CN(Cc1ccc2c(c1)OCO2)Cc1csc(-c2ccc(C(F)(F)F)cc2)n1. The largest absolute Gasteiger partial charge is 0.454 e. The molecule has 1 aliphatic heterocycles. The summed E-state index contributed by atoms with van der Waals surface area (Å²) >= 11 is 1.43. The van der Waals surface area contributed by atoms with Crippen LogP contribution < -0.4 is 9.47 Å². The second-order valence-electron chi connectivity index (χ2n) is 6.58. The maximum Gasteiger partial charge on any atom is 0.416 e. The number of fused-ring (bicyclic) bond motifs is 1. The van der Waals surface area contributed by atoms with E-state index in [4.69, 9.17) is 9.47 Å². The zero-order valence-corrected chi connectivity index (χ0v) is 15.8. The Balaban J connectivity index is 1.40. The van der Waals surface area contributed by atoms with Crippen molar-refractivity contribution in [3.8, 4) is 22.1 Å². The van der Waals surface area contributed by atoms with E-state index >= 15 is 0 Å². The van der Waals surface area contributed by atoms with Gasteiger partial charge in [-0.2, -0.15) is 13.2 Å². The van der Waals surface area contributed by atoms with Gasteiger partial charge in [0, 0.05) is 24.0 Å². The molecule has 4 nitrogen and oxygen atoms in total. The van der Waals surface area contributed by atoms with E-state index in [9.17, 15) is 13.2 Å². The van der Waals surface area contributed by atoms with Gasteiger partial charge in [0.15, 0.2) is 11.5 Å². The fourth-order valence-corrected chi connectivity index (χ4v) is 3.81. The second kappa shape index (κ2) is 7.44. The van der Waals surface area contributed by atoms with Crippen molar-refractivity contribution in [2.75, 3.05) is 13.8 Å². The molecule has 0 bridgehead atoms. The molecular weight excluding hydrogens is 389 g/mol. The molecule has 0 fully saturated rings. The van der Waals surface area contributed by atoms with E-state index < -0.39 is 11.7 Å². The molecule has 4 rings (SSSR count). The number of halogens is 3. The number of alkyl halides is 3. The van der Waals surface area contributed by atoms with Gasteiger partial charge in [0.1, 0.15) is 5.01 Å². The molecule has 2 heterocycles. The van der Waals surface area contributed by atoms with Gasteiger partial charge in [-0.1, -0.05) is 18.2 Å². The van der Waals surface area contributed by atoms with Crippen LogP contribution >= 0.6 is 11.3 Å². The van der Waals surface area contributed by atoms with Crippen LogP contribution in [0.3, 0.4) is 0 Å². The highest BCUT2D eigenvalue weighted by Crippen LogP contribution is 2.33. The topological polar surface area (TPSA) is 34.6 Å². The third-order valence-electron chi connectivity index (χ3n) is 4.33. The van der Waals surface area contributed by atoms with Crippen molar-refractivity contribution in [1.29, 1.82) is 0 Å². The summed E-state index contributed by atoms with van der Waals surface area (Å²) in [5, 5.41) is 2.64. The summed E-state index contributed by atoms with van der Waals surface area (Å²) in [7, 11) is 1.99. The van der Waals surface area contributed by atoms with Crippen molar-refractivity contribution >= 4 is 11.3 Å². The first-order chi connectivity index (χ1) is 13.4. The molecule has 0 unspecified atom stereocenters. The number of hydrogen-bond donors (Lipinski definition) is 0. The lowest BCUT2D eigenvalue weighted by Gasteiger charge is -2.15. The summed E-state index contributed by atoms with van der Waals surface area (Å²) in [6.45, 7) is 1.59. The van der Waals surface area contributed by atoms with E-state index in [0.717, 1.165) is 34.9 Å². The van der Waals surface area contributed by atoms with Crippen LogP contribution in [0, 0.1) is 0 Å². The van der Waals surface area contributed by atoms with Crippen LogP contribution in [0.4, 0.5) is 13.2 Å². The molecular formula is C20H17F3N2O2S. The van der Waals surface area contributed by atoms with E-state index in [1.807, 2.05) is 30.6 Å². The number of ether oxygens (including phenoxy) is 2. The van der Waals surface area contributed by atoms with Crippen molar-refractivity contribution in [1.82, 2.24) is 9.88 Å². The number of nitrogens with zero attached hydrogens (tertiary/aromatic N) is 2. The zero-order chi connectivity index (χ0) is 19.7. The van der Waals surface area contributed by atoms with Crippen LogP contribution in [-0.4, -0.2) is 23.7 Å². The minimum atomic E-state index is -4.33. The smallest absolute Gasteiger partial charge is 0.416 e. The molecule has 0 atom stereocenters. The van der Waals surface area contributed by atoms with Crippen molar-refractivity contribution in [3.05, 3.63) is 64.7 Å². The normalized spacial score (nSPS) is 13.3. The molecule has 0 spiro atoms. The number of rotatable bonds is 5. The number of thiazole rings is 1. The zero-order valence-electron chi connectivity index (χ0n) is 15.0. The minimum absolute atomic E-state index is 0.250. The van der Waals surface area contributed by atoms with Crippen molar-refractivity contribution < 1.29 is 22.6 Å². The third kappa shape index (κ3) is 4.13. The van der Waals surface area contributed by atoms with Gasteiger partial charge in [-0.05, 0) is 36.9 Å². The van der Waals surface area contributed by atoms with Crippen molar-refractivity contribution in [3.63, 3.8) is 0 Å². The van der Waals surface area contributed by atoms with Crippen LogP contribution in [-0.2, 0) is 19.3 Å². The monoisotopic (exact) mass is 406 g/mol. The standard InChI is InChI=1S/C20H17F3N2O2S/c1-25(9-13-2-7-17-18(8-13)27-12-26-17)10-16-11-28-19(24-16)14-3-5-15(6-4-14)20(21,22)23/h2-8,11H,9-10,12H2,1H3. The van der Waals surface area contributed by atoms with Gasteiger partial charge < -0.3 is 9.47 Å². The number of benzene rings is 2. The second-order valence-corrected chi connectivity index (χ2v) is 7.44. The van der Waals surface area contributed by atoms with Gasteiger partial charge in [0.2, 0.25) is 6.79 Å². The van der Waals surface area contributed by atoms with Gasteiger partial charge in [-0.3, -0.25) is 4.90 Å². The Morgan fingerprint density at radius 2 is 1.79 bits per heavy atom. The molecule has 28 heavy (non-hydrogen) atoms. The summed E-state index contributed by atoms with van der Waals surface area (Å²) in [6, 6.07) is 11.0. The van der Waals surface area contributed by atoms with Crippen LogP contribution in [0.2, 0.25) is 0 Å². The van der Waals surface area contributed by atoms with Gasteiger partial charge in [0.05, 0.1) is 11.3 Å². The Morgan fingerprint density at radius 1 is 1.04 bits per heavy atom. The Bertz CT molecular complexity index is 970. The first-order valence-corrected chi connectivity index (χ1v) is 9.45. The molecule has 0 radical (unpaired) electrons. The fraction of sp³-hybridized carbons (Fsp3) is 0.250. The summed E-state index contributed by atoms with van der Waals surface area (Å²) in [5.74, 6) is 1.51. The van der Waals surface area contributed by atoms with E-state index in [2.05, 4.69) is 9.88 Å². The van der Waals surface area contributed by atoms with E-state index in [-0.39, 0.29) is 6.79 Å². The Kier molecular flexibility index (Phi) is 4.99. The molecule has 1 aromatic heterocycles. The first kappa shape index (κ1) is 18.8. The van der Waals surface area contributed by atoms with Crippen LogP contribution in [0.25, 0.3) is 10.6 Å². The third-order valence-corrected chi connectivity index (χ3v) is 5.27. The van der Waals surface area contributed by atoms with E-state index in [0.29, 0.717) is 23.7 Å². The Labute approximate surface area is 164 Å². The summed E-state index contributed by atoms with van der Waals surface area (Å²) < 4.78 is 48.8. The molecule has 0 aliphatic carbocycles. The highest BCUT2D eigenvalue weighted by atomic mass is 32.1. The molecule has 146 valence electrons. The Hall–Kier alpha value is -2.58. The van der Waals surface area contributed by atoms with Gasteiger partial charge >= 0.3 is 6.18 Å². The molecule has 1 aliphatic rings. The minimum Gasteiger partial charge on any atom is -0.454 e. The summed E-state index contributed by atoms with van der Waals surface area (Å²) in [5.41, 5.74) is 2.01. The Morgan fingerprint density at radius 3 is 2.54 bits per heavy atom. The highest BCUT2D eigenvalue weighted by molar-refractivity contribution is 7.13. The van der Waals surface area contributed by atoms with Crippen LogP contribution in [0.1, 0.15) is 16.8 Å². The molecule has 0 saturated heterocycles. The lowest BCUT2D eigenvalue weighted by Crippen LogP contribution is -2.17.